The van der Waals surface area contributed by atoms with Gasteiger partial charge in [-0.2, -0.15) is 0 Å². The molecule has 0 saturated heterocycles. The van der Waals surface area contributed by atoms with Gasteiger partial charge in [-0.05, 0) is 31.7 Å². The van der Waals surface area contributed by atoms with Gasteiger partial charge in [0, 0.05) is 6.54 Å². The van der Waals surface area contributed by atoms with E-state index in [0.717, 1.165) is 6.54 Å². The fourth-order valence-corrected chi connectivity index (χ4v) is 0.731. The first kappa shape index (κ1) is 5.42. The summed E-state index contributed by atoms with van der Waals surface area (Å²) in [6.07, 6.45) is 4.11. The summed E-state index contributed by atoms with van der Waals surface area (Å²) in [6.45, 7) is 5.28. The van der Waals surface area contributed by atoms with Crippen LogP contribution in [0.5, 0.6) is 0 Å². The predicted octanol–water partition coefficient (Wildman–Crippen LogP) is 1.44. The molecule has 0 aliphatic carbocycles. The van der Waals surface area contributed by atoms with Crippen LogP contribution in [0, 0.1) is 0 Å². The summed E-state index contributed by atoms with van der Waals surface area (Å²) in [5.41, 5.74) is 2.83. The van der Waals surface area contributed by atoms with Crippen molar-refractivity contribution in [2.45, 2.75) is 13.8 Å². The van der Waals surface area contributed by atoms with E-state index in [0.29, 0.717) is 0 Å². The van der Waals surface area contributed by atoms with Crippen LogP contribution in [-0.2, 0) is 0 Å². The van der Waals surface area contributed by atoms with E-state index in [-0.39, 0.29) is 0 Å². The van der Waals surface area contributed by atoms with Gasteiger partial charge in [-0.1, -0.05) is 5.57 Å². The fraction of sp³-hybridized carbons (Fsp3) is 0.429. The Morgan fingerprint density at radius 3 is 2.62 bits per heavy atom. The Balaban J connectivity index is 2.73. The van der Waals surface area contributed by atoms with Crippen LogP contribution in [0.2, 0.25) is 0 Å². The van der Waals surface area contributed by atoms with Crippen molar-refractivity contribution in [1.82, 2.24) is 5.32 Å². The highest BCUT2D eigenvalue weighted by atomic mass is 14.8. The fourth-order valence-electron chi connectivity index (χ4n) is 0.731. The number of rotatable bonds is 0. The van der Waals surface area contributed by atoms with Gasteiger partial charge in [-0.3, -0.25) is 0 Å². The summed E-state index contributed by atoms with van der Waals surface area (Å²) < 4.78 is 0. The number of hydrogen-bond donors (Lipinski definition) is 1. The molecule has 0 fully saturated rings. The average molecular weight is 109 g/mol. The van der Waals surface area contributed by atoms with Crippen molar-refractivity contribution in [2.24, 2.45) is 0 Å². The molecule has 0 saturated carbocycles. The molecule has 0 unspecified atom stereocenters. The van der Waals surface area contributed by atoms with Gasteiger partial charge < -0.3 is 5.32 Å². The molecule has 0 atom stereocenters. The Morgan fingerprint density at radius 1 is 1.62 bits per heavy atom. The molecule has 1 N–H and O–H groups in total. The lowest BCUT2D eigenvalue weighted by Gasteiger charge is -1.94. The molecule has 0 aromatic carbocycles. The molecule has 1 rings (SSSR count). The largest absolute Gasteiger partial charge is 0.387 e. The molecular formula is C7H11N. The number of allylic oxidation sites excluding steroid dienone is 1. The van der Waals surface area contributed by atoms with Gasteiger partial charge >= 0.3 is 0 Å². The number of hydrogen-bond acceptors (Lipinski definition) is 1. The van der Waals surface area contributed by atoms with Gasteiger partial charge in [0.1, 0.15) is 0 Å². The van der Waals surface area contributed by atoms with Crippen LogP contribution in [0.1, 0.15) is 13.8 Å². The minimum absolute atomic E-state index is 1.02. The first-order valence-corrected chi connectivity index (χ1v) is 2.87. The van der Waals surface area contributed by atoms with Gasteiger partial charge in [0.15, 0.2) is 0 Å². The number of nitrogens with one attached hydrogen (secondary N) is 1. The molecule has 1 heteroatoms. The van der Waals surface area contributed by atoms with E-state index in [1.807, 2.05) is 6.20 Å². The molecule has 1 nitrogen and oxygen atoms in total. The van der Waals surface area contributed by atoms with E-state index in [4.69, 9.17) is 0 Å². The van der Waals surface area contributed by atoms with Crippen LogP contribution >= 0.6 is 0 Å². The van der Waals surface area contributed by atoms with Gasteiger partial charge in [-0.15, -0.1) is 0 Å². The van der Waals surface area contributed by atoms with E-state index in [2.05, 4.69) is 25.2 Å². The quantitative estimate of drug-likeness (QED) is 0.496. The Labute approximate surface area is 50.1 Å². The topological polar surface area (TPSA) is 12.0 Å². The summed E-state index contributed by atoms with van der Waals surface area (Å²) in [7, 11) is 0. The lowest BCUT2D eigenvalue weighted by atomic mass is 10.2. The van der Waals surface area contributed by atoms with Crippen molar-refractivity contribution >= 4 is 0 Å². The minimum Gasteiger partial charge on any atom is -0.387 e. The zero-order chi connectivity index (χ0) is 5.98. The standard InChI is InChI=1S/C7H11N/c1-6(2)7-3-4-8-5-7/h3-4,8H,5H2,1-2H3. The Morgan fingerprint density at radius 2 is 2.38 bits per heavy atom. The van der Waals surface area contributed by atoms with Crippen LogP contribution in [0.3, 0.4) is 0 Å². The molecule has 0 bridgehead atoms. The molecule has 0 radical (unpaired) electrons. The van der Waals surface area contributed by atoms with E-state index in [1.54, 1.807) is 0 Å². The van der Waals surface area contributed by atoms with E-state index >= 15 is 0 Å². The van der Waals surface area contributed by atoms with Crippen LogP contribution in [0.15, 0.2) is 23.4 Å². The molecule has 8 heavy (non-hydrogen) atoms. The Bertz CT molecular complexity index is 138. The predicted molar refractivity (Wildman–Crippen MR) is 35.5 cm³/mol. The maximum atomic E-state index is 3.12. The lowest BCUT2D eigenvalue weighted by molar-refractivity contribution is 0.993. The lowest BCUT2D eigenvalue weighted by Crippen LogP contribution is -2.00. The summed E-state index contributed by atoms with van der Waals surface area (Å²) in [6, 6.07) is 0. The molecule has 0 spiro atoms. The zero-order valence-electron chi connectivity index (χ0n) is 5.36. The zero-order valence-corrected chi connectivity index (χ0v) is 5.36. The molecule has 0 aromatic rings. The molecule has 1 aliphatic rings. The van der Waals surface area contributed by atoms with Crippen molar-refractivity contribution in [3.63, 3.8) is 0 Å². The van der Waals surface area contributed by atoms with E-state index < -0.39 is 0 Å². The maximum absolute atomic E-state index is 3.12. The van der Waals surface area contributed by atoms with E-state index in [9.17, 15) is 0 Å². The summed E-state index contributed by atoms with van der Waals surface area (Å²) >= 11 is 0. The first-order chi connectivity index (χ1) is 3.80. The second-order valence-electron chi connectivity index (χ2n) is 2.24. The average Bonchev–Trinajstić information content (AvgIpc) is 2.12. The van der Waals surface area contributed by atoms with Gasteiger partial charge in [0.05, 0.1) is 0 Å². The monoisotopic (exact) mass is 109 g/mol. The third-order valence-corrected chi connectivity index (χ3v) is 1.34. The van der Waals surface area contributed by atoms with Crippen molar-refractivity contribution in [3.8, 4) is 0 Å². The smallest absolute Gasteiger partial charge is 0.0395 e. The van der Waals surface area contributed by atoms with Crippen LogP contribution in [0.25, 0.3) is 0 Å². The molecular weight excluding hydrogens is 98.1 g/mol. The third-order valence-electron chi connectivity index (χ3n) is 1.34. The van der Waals surface area contributed by atoms with Crippen LogP contribution in [0.4, 0.5) is 0 Å². The molecule has 0 aromatic heterocycles. The molecule has 44 valence electrons. The third kappa shape index (κ3) is 0.915. The van der Waals surface area contributed by atoms with Gasteiger partial charge in [0.25, 0.3) is 0 Å². The van der Waals surface area contributed by atoms with Crippen molar-refractivity contribution < 1.29 is 0 Å². The summed E-state index contributed by atoms with van der Waals surface area (Å²) in [4.78, 5) is 0. The van der Waals surface area contributed by atoms with Crippen LogP contribution in [-0.4, -0.2) is 6.54 Å². The van der Waals surface area contributed by atoms with Crippen molar-refractivity contribution in [2.75, 3.05) is 6.54 Å². The highest BCUT2D eigenvalue weighted by Crippen LogP contribution is 2.06. The highest BCUT2D eigenvalue weighted by Gasteiger charge is 1.97. The summed E-state index contributed by atoms with van der Waals surface area (Å²) in [5, 5.41) is 3.12. The normalized spacial score (nSPS) is 16.5. The molecule has 0 amide bonds. The van der Waals surface area contributed by atoms with Gasteiger partial charge in [-0.25, -0.2) is 0 Å². The Hall–Kier alpha value is -0.720. The maximum Gasteiger partial charge on any atom is 0.0395 e. The van der Waals surface area contributed by atoms with Crippen LogP contribution < -0.4 is 5.32 Å². The molecule has 1 heterocycles. The SMILES string of the molecule is CC(C)=C1C=CNC1. The van der Waals surface area contributed by atoms with Crippen molar-refractivity contribution in [3.05, 3.63) is 23.4 Å². The second-order valence-corrected chi connectivity index (χ2v) is 2.24. The van der Waals surface area contributed by atoms with Crippen molar-refractivity contribution in [1.29, 1.82) is 0 Å². The second kappa shape index (κ2) is 2.03. The Kier molecular flexibility index (Phi) is 1.38. The molecule has 1 aliphatic heterocycles. The van der Waals surface area contributed by atoms with Gasteiger partial charge in [0.2, 0.25) is 0 Å². The first-order valence-electron chi connectivity index (χ1n) is 2.87. The minimum atomic E-state index is 1.02. The summed E-state index contributed by atoms with van der Waals surface area (Å²) in [5.74, 6) is 0. The highest BCUT2D eigenvalue weighted by molar-refractivity contribution is 5.28. The van der Waals surface area contributed by atoms with E-state index in [1.165, 1.54) is 11.1 Å².